The number of aliphatic hydroxyl groups is 1. The fourth-order valence-electron chi connectivity index (χ4n) is 4.05. The van der Waals surface area contributed by atoms with Crippen molar-refractivity contribution >= 4 is 11.6 Å². The van der Waals surface area contributed by atoms with E-state index < -0.39 is 0 Å². The maximum atomic E-state index is 13.3. The largest absolute Gasteiger partial charge is 0.507 e. The second kappa shape index (κ2) is 8.82. The third kappa shape index (κ3) is 5.22. The van der Waals surface area contributed by atoms with Crippen molar-refractivity contribution in [1.29, 1.82) is 5.41 Å². The molecule has 0 radical (unpaired) electrons. The van der Waals surface area contributed by atoms with E-state index in [1.807, 2.05) is 53.7 Å². The Labute approximate surface area is 196 Å². The number of aliphatic hydroxyl groups excluding tert-OH is 1. The number of carbonyl (C=O) groups is 1. The number of hydrogen-bond donors (Lipinski definition) is 3. The Morgan fingerprint density at radius 3 is 2.18 bits per heavy atom. The number of phenols is 1. The number of amidine groups is 1. The van der Waals surface area contributed by atoms with Crippen LogP contribution >= 0.6 is 0 Å². The summed E-state index contributed by atoms with van der Waals surface area (Å²) in [7, 11) is 0. The second-order valence-electron chi connectivity index (χ2n) is 11.0. The van der Waals surface area contributed by atoms with Gasteiger partial charge in [-0.1, -0.05) is 47.6 Å². The van der Waals surface area contributed by atoms with E-state index >= 15 is 0 Å². The summed E-state index contributed by atoms with van der Waals surface area (Å²) in [4.78, 5) is 15.1. The number of benzene rings is 2. The van der Waals surface area contributed by atoms with Crippen LogP contribution in [0, 0.1) is 5.41 Å². The molecule has 2 aromatic carbocycles. The molecule has 0 aliphatic carbocycles. The lowest BCUT2D eigenvalue weighted by Crippen LogP contribution is -2.30. The van der Waals surface area contributed by atoms with E-state index in [0.29, 0.717) is 17.9 Å². The molecule has 6 heteroatoms. The predicted octanol–water partition coefficient (Wildman–Crippen LogP) is 4.77. The third-order valence-corrected chi connectivity index (χ3v) is 5.99. The number of phenolic OH excluding ortho intramolecular Hbond substituents is 1. The molecule has 6 nitrogen and oxygen atoms in total. The molecule has 0 spiro atoms. The molecule has 0 saturated heterocycles. The Morgan fingerprint density at radius 1 is 1.09 bits per heavy atom. The van der Waals surface area contributed by atoms with Gasteiger partial charge < -0.3 is 19.8 Å². The van der Waals surface area contributed by atoms with Gasteiger partial charge in [-0.2, -0.15) is 0 Å². The highest BCUT2D eigenvalue weighted by Crippen LogP contribution is 2.40. The molecule has 1 heterocycles. The molecule has 0 aromatic heterocycles. The van der Waals surface area contributed by atoms with Crippen LogP contribution < -0.4 is 4.74 Å². The van der Waals surface area contributed by atoms with Gasteiger partial charge in [0.2, 0.25) is 0 Å². The van der Waals surface area contributed by atoms with Crippen LogP contribution in [0.1, 0.15) is 81.1 Å². The molecular formula is C27H36N2O4. The predicted molar refractivity (Wildman–Crippen MR) is 131 cm³/mol. The number of carbonyl (C=O) groups excluding carboxylic acids is 1. The number of aromatic hydroxyl groups is 1. The molecular weight excluding hydrogens is 416 g/mol. The SMILES string of the molecule is CC(CO)Oc1ccc2c(c1)C(=N)N(CC(=O)c1cc(C(C)(C)C)c(O)c(C(C)(C)C)c1)C2. The van der Waals surface area contributed by atoms with Crippen LogP contribution in [-0.2, 0) is 17.4 Å². The van der Waals surface area contributed by atoms with E-state index in [-0.39, 0.29) is 47.5 Å². The maximum Gasteiger partial charge on any atom is 0.182 e. The Morgan fingerprint density at radius 2 is 1.67 bits per heavy atom. The molecule has 0 amide bonds. The molecule has 0 fully saturated rings. The average molecular weight is 453 g/mol. The highest BCUT2D eigenvalue weighted by molar-refractivity contribution is 6.05. The third-order valence-electron chi connectivity index (χ3n) is 5.99. The van der Waals surface area contributed by atoms with Gasteiger partial charge in [-0.05, 0) is 47.6 Å². The number of rotatable bonds is 6. The van der Waals surface area contributed by atoms with Gasteiger partial charge in [-0.15, -0.1) is 0 Å². The highest BCUT2D eigenvalue weighted by Gasteiger charge is 2.30. The molecule has 0 saturated carbocycles. The zero-order valence-corrected chi connectivity index (χ0v) is 20.7. The second-order valence-corrected chi connectivity index (χ2v) is 11.0. The Hall–Kier alpha value is -2.86. The normalized spacial score (nSPS) is 14.9. The summed E-state index contributed by atoms with van der Waals surface area (Å²) in [5, 5.41) is 28.8. The topological polar surface area (TPSA) is 93.9 Å². The van der Waals surface area contributed by atoms with Gasteiger partial charge in [-0.25, -0.2) is 0 Å². The lowest BCUT2D eigenvalue weighted by atomic mass is 9.78. The number of ether oxygens (including phenoxy) is 1. The Balaban J connectivity index is 1.87. The molecule has 1 unspecified atom stereocenters. The van der Waals surface area contributed by atoms with E-state index in [2.05, 4.69) is 0 Å². The van der Waals surface area contributed by atoms with Crippen molar-refractivity contribution in [3.8, 4) is 11.5 Å². The minimum absolute atomic E-state index is 0.0781. The van der Waals surface area contributed by atoms with Crippen LogP contribution in [0.5, 0.6) is 11.5 Å². The summed E-state index contributed by atoms with van der Waals surface area (Å²) in [6, 6.07) is 9.12. The van der Waals surface area contributed by atoms with Crippen LogP contribution in [0.2, 0.25) is 0 Å². The van der Waals surface area contributed by atoms with E-state index in [0.717, 1.165) is 22.3 Å². The number of Topliss-reactive ketones (excluding diaryl/α,β-unsaturated/α-hetero) is 1. The molecule has 1 aliphatic rings. The highest BCUT2D eigenvalue weighted by atomic mass is 16.5. The van der Waals surface area contributed by atoms with Gasteiger partial charge in [-0.3, -0.25) is 10.2 Å². The minimum atomic E-state index is -0.333. The van der Waals surface area contributed by atoms with Crippen LogP contribution in [0.4, 0.5) is 0 Å². The molecule has 3 rings (SSSR count). The van der Waals surface area contributed by atoms with E-state index in [1.54, 1.807) is 30.0 Å². The van der Waals surface area contributed by atoms with Crippen molar-refractivity contribution in [2.75, 3.05) is 13.2 Å². The number of ketones is 1. The van der Waals surface area contributed by atoms with Crippen molar-refractivity contribution in [3.63, 3.8) is 0 Å². The standard InChI is InChI=1S/C27H36N2O4/c1-16(15-30)33-19-9-8-17-13-29(25(28)20(17)12-19)14-23(31)18-10-21(26(2,3)4)24(32)22(11-18)27(5,6)7/h8-12,16,28,30,32H,13-15H2,1-7H3. The first-order valence-corrected chi connectivity index (χ1v) is 11.4. The van der Waals surface area contributed by atoms with Gasteiger partial charge >= 0.3 is 0 Å². The van der Waals surface area contributed by atoms with Crippen LogP contribution in [0.15, 0.2) is 30.3 Å². The van der Waals surface area contributed by atoms with E-state index in [9.17, 15) is 15.0 Å². The van der Waals surface area contributed by atoms with Gasteiger partial charge in [0.05, 0.1) is 13.2 Å². The van der Waals surface area contributed by atoms with Crippen LogP contribution in [-0.4, -0.2) is 46.0 Å². The summed E-state index contributed by atoms with van der Waals surface area (Å²) in [6.07, 6.45) is -0.333. The number of hydrogen-bond acceptors (Lipinski definition) is 5. The lowest BCUT2D eigenvalue weighted by Gasteiger charge is -2.28. The van der Waals surface area contributed by atoms with Gasteiger partial charge in [0.25, 0.3) is 0 Å². The zero-order chi connectivity index (χ0) is 24.7. The number of nitrogens with zero attached hydrogens (tertiary/aromatic N) is 1. The quantitative estimate of drug-likeness (QED) is 0.549. The maximum absolute atomic E-state index is 13.3. The summed E-state index contributed by atoms with van der Waals surface area (Å²) in [6.45, 7) is 14.4. The molecule has 3 N–H and O–H groups in total. The molecule has 1 atom stereocenters. The molecule has 1 aliphatic heterocycles. The van der Waals surface area contributed by atoms with Crippen LogP contribution in [0.3, 0.4) is 0 Å². The van der Waals surface area contributed by atoms with Crippen molar-refractivity contribution in [1.82, 2.24) is 4.90 Å². The minimum Gasteiger partial charge on any atom is -0.507 e. The number of fused-ring (bicyclic) bond motifs is 1. The summed E-state index contributed by atoms with van der Waals surface area (Å²) >= 11 is 0. The molecule has 0 bridgehead atoms. The molecule has 178 valence electrons. The average Bonchev–Trinajstić information content (AvgIpc) is 3.01. The van der Waals surface area contributed by atoms with Gasteiger partial charge in [0.15, 0.2) is 5.78 Å². The zero-order valence-electron chi connectivity index (χ0n) is 20.7. The monoisotopic (exact) mass is 452 g/mol. The molecule has 2 aromatic rings. The van der Waals surface area contributed by atoms with E-state index in [1.165, 1.54) is 0 Å². The van der Waals surface area contributed by atoms with Crippen molar-refractivity contribution in [2.45, 2.75) is 71.9 Å². The van der Waals surface area contributed by atoms with Crippen molar-refractivity contribution in [2.24, 2.45) is 0 Å². The summed E-state index contributed by atoms with van der Waals surface area (Å²) in [5.41, 5.74) is 3.11. The van der Waals surface area contributed by atoms with Crippen LogP contribution in [0.25, 0.3) is 0 Å². The first-order valence-electron chi connectivity index (χ1n) is 11.4. The van der Waals surface area contributed by atoms with Crippen molar-refractivity contribution < 1.29 is 19.7 Å². The lowest BCUT2D eigenvalue weighted by molar-refractivity contribution is 0.0962. The Bertz CT molecular complexity index is 1040. The van der Waals surface area contributed by atoms with Crippen molar-refractivity contribution in [3.05, 3.63) is 58.1 Å². The fraction of sp³-hybridized carbons (Fsp3) is 0.481. The Kier molecular flexibility index (Phi) is 6.62. The molecule has 33 heavy (non-hydrogen) atoms. The fourth-order valence-corrected chi connectivity index (χ4v) is 4.05. The summed E-state index contributed by atoms with van der Waals surface area (Å²) in [5.74, 6) is 1.04. The first kappa shape index (κ1) is 24.8. The first-order chi connectivity index (χ1) is 15.2. The van der Waals surface area contributed by atoms with E-state index in [4.69, 9.17) is 10.1 Å². The van der Waals surface area contributed by atoms with Gasteiger partial charge in [0, 0.05) is 28.8 Å². The summed E-state index contributed by atoms with van der Waals surface area (Å²) < 4.78 is 5.67. The number of nitrogens with one attached hydrogen (secondary N) is 1. The smallest absolute Gasteiger partial charge is 0.182 e. The van der Waals surface area contributed by atoms with Gasteiger partial charge in [0.1, 0.15) is 23.4 Å².